The summed E-state index contributed by atoms with van der Waals surface area (Å²) in [5, 5.41) is 0.839. The maximum absolute atomic E-state index is 13.0. The second kappa shape index (κ2) is 10.8. The molecule has 0 N–H and O–H groups in total. The van der Waals surface area contributed by atoms with Crippen LogP contribution in [0.4, 0.5) is 0 Å². The van der Waals surface area contributed by atoms with Crippen molar-refractivity contribution in [2.75, 3.05) is 41.5 Å². The van der Waals surface area contributed by atoms with Crippen molar-refractivity contribution in [3.05, 3.63) is 63.5 Å². The number of hydrogen-bond donors (Lipinski definition) is 0. The third-order valence-corrected chi connectivity index (χ3v) is 6.68. The van der Waals surface area contributed by atoms with Crippen LogP contribution >= 0.6 is 0 Å². The molecule has 2 heterocycles. The molecular formula is C28H31NO7. The topological polar surface area (TPSA) is 87.4 Å². The fourth-order valence-electron chi connectivity index (χ4n) is 4.63. The summed E-state index contributed by atoms with van der Waals surface area (Å²) in [6, 6.07) is 9.04. The molecule has 0 unspecified atom stereocenters. The molecule has 1 aliphatic heterocycles. The summed E-state index contributed by atoms with van der Waals surface area (Å²) in [6.07, 6.45) is 3.23. The minimum Gasteiger partial charge on any atom is -0.497 e. The molecule has 36 heavy (non-hydrogen) atoms. The Kier molecular flexibility index (Phi) is 7.52. The first-order chi connectivity index (χ1) is 17.4. The van der Waals surface area contributed by atoms with Gasteiger partial charge in [-0.25, -0.2) is 4.79 Å². The minimum atomic E-state index is -0.416. The molecule has 3 aromatic rings. The molecule has 0 fully saturated rings. The molecule has 0 atom stereocenters. The Hall–Kier alpha value is -3.94. The average molecular weight is 494 g/mol. The van der Waals surface area contributed by atoms with Gasteiger partial charge in [-0.2, -0.15) is 0 Å². The van der Waals surface area contributed by atoms with E-state index in [1.54, 1.807) is 39.4 Å². The van der Waals surface area contributed by atoms with E-state index in [0.29, 0.717) is 60.1 Å². The Labute approximate surface area is 210 Å². The lowest BCUT2D eigenvalue weighted by molar-refractivity contribution is -0.130. The minimum absolute atomic E-state index is 0.00686. The summed E-state index contributed by atoms with van der Waals surface area (Å²) < 4.78 is 27.2. The highest BCUT2D eigenvalue weighted by Crippen LogP contribution is 2.41. The Bertz CT molecular complexity index is 1350. The van der Waals surface area contributed by atoms with Gasteiger partial charge >= 0.3 is 5.63 Å². The van der Waals surface area contributed by atoms with Crippen LogP contribution in [-0.4, -0.2) is 52.3 Å². The summed E-state index contributed by atoms with van der Waals surface area (Å²) in [5.74, 6) is 2.58. The standard InChI is InChI=1S/C28H31NO7/c1-17-21-7-6-19(32-2)14-23(21)36-28(31)22(17)8-9-26(30)29-12-10-18(11-13-29)27-24(34-4)15-20(33-3)16-25(27)35-5/h6-7,10,14-16H,8-9,11-13H2,1-5H3. The van der Waals surface area contributed by atoms with E-state index in [9.17, 15) is 9.59 Å². The highest BCUT2D eigenvalue weighted by atomic mass is 16.5. The van der Waals surface area contributed by atoms with Crippen molar-refractivity contribution in [1.29, 1.82) is 0 Å². The van der Waals surface area contributed by atoms with Gasteiger partial charge in [0.2, 0.25) is 5.91 Å². The SMILES string of the molecule is COc1cc(OC)c(C2=CCN(C(=O)CCc3c(C)c4ccc(OC)cc4oc3=O)CC2)c(OC)c1. The third kappa shape index (κ3) is 4.89. The van der Waals surface area contributed by atoms with Crippen LogP contribution < -0.4 is 24.6 Å². The van der Waals surface area contributed by atoms with Crippen LogP contribution in [0.15, 0.2) is 45.6 Å². The number of hydrogen-bond acceptors (Lipinski definition) is 7. The number of methoxy groups -OCH3 is 4. The van der Waals surface area contributed by atoms with Crippen molar-refractivity contribution in [2.24, 2.45) is 0 Å². The predicted molar refractivity (Wildman–Crippen MR) is 137 cm³/mol. The van der Waals surface area contributed by atoms with Crippen molar-refractivity contribution in [3.8, 4) is 23.0 Å². The van der Waals surface area contributed by atoms with E-state index in [2.05, 4.69) is 0 Å². The third-order valence-electron chi connectivity index (χ3n) is 6.68. The lowest BCUT2D eigenvalue weighted by Gasteiger charge is -2.28. The Morgan fingerprint density at radius 2 is 1.67 bits per heavy atom. The van der Waals surface area contributed by atoms with Gasteiger partial charge in [0, 0.05) is 48.7 Å². The van der Waals surface area contributed by atoms with Crippen LogP contribution in [0.5, 0.6) is 23.0 Å². The second-order valence-corrected chi connectivity index (χ2v) is 8.58. The normalized spacial score (nSPS) is 13.4. The largest absolute Gasteiger partial charge is 0.497 e. The lowest BCUT2D eigenvalue weighted by Crippen LogP contribution is -2.35. The highest BCUT2D eigenvalue weighted by molar-refractivity contribution is 5.83. The molecule has 0 spiro atoms. The first kappa shape index (κ1) is 25.2. The smallest absolute Gasteiger partial charge is 0.339 e. The molecule has 0 saturated carbocycles. The lowest BCUT2D eigenvalue weighted by atomic mass is 9.96. The van der Waals surface area contributed by atoms with Gasteiger partial charge < -0.3 is 28.3 Å². The number of rotatable bonds is 8. The van der Waals surface area contributed by atoms with Crippen LogP contribution in [0.1, 0.15) is 29.5 Å². The van der Waals surface area contributed by atoms with Crippen LogP contribution in [0.25, 0.3) is 16.5 Å². The van der Waals surface area contributed by atoms with Crippen LogP contribution in [-0.2, 0) is 11.2 Å². The number of carbonyl (C=O) groups excluding carboxylic acids is 1. The molecular weight excluding hydrogens is 462 g/mol. The van der Waals surface area contributed by atoms with Gasteiger partial charge in [0.05, 0.1) is 34.0 Å². The number of amides is 1. The Morgan fingerprint density at radius 1 is 0.972 bits per heavy atom. The molecule has 4 rings (SSSR count). The molecule has 8 nitrogen and oxygen atoms in total. The van der Waals surface area contributed by atoms with E-state index in [1.807, 2.05) is 37.3 Å². The first-order valence-electron chi connectivity index (χ1n) is 11.8. The zero-order chi connectivity index (χ0) is 25.8. The number of nitrogens with zero attached hydrogens (tertiary/aromatic N) is 1. The van der Waals surface area contributed by atoms with Gasteiger partial charge in [0.25, 0.3) is 0 Å². The van der Waals surface area contributed by atoms with Crippen molar-refractivity contribution < 1.29 is 28.2 Å². The van der Waals surface area contributed by atoms with E-state index in [0.717, 1.165) is 22.1 Å². The van der Waals surface area contributed by atoms with E-state index in [4.69, 9.17) is 23.4 Å². The van der Waals surface area contributed by atoms with E-state index in [-0.39, 0.29) is 12.3 Å². The summed E-state index contributed by atoms with van der Waals surface area (Å²) >= 11 is 0. The van der Waals surface area contributed by atoms with Gasteiger partial charge in [0.1, 0.15) is 28.6 Å². The molecule has 1 aromatic heterocycles. The molecule has 1 aliphatic rings. The van der Waals surface area contributed by atoms with E-state index < -0.39 is 5.63 Å². The summed E-state index contributed by atoms with van der Waals surface area (Å²) in [7, 11) is 6.38. The maximum Gasteiger partial charge on any atom is 0.339 e. The summed E-state index contributed by atoms with van der Waals surface area (Å²) in [5.41, 5.74) is 3.34. The first-order valence-corrected chi connectivity index (χ1v) is 11.8. The van der Waals surface area contributed by atoms with E-state index >= 15 is 0 Å². The molecule has 2 aromatic carbocycles. The molecule has 1 amide bonds. The quantitative estimate of drug-likeness (QED) is 0.430. The zero-order valence-electron chi connectivity index (χ0n) is 21.3. The van der Waals surface area contributed by atoms with Crippen molar-refractivity contribution in [3.63, 3.8) is 0 Å². The zero-order valence-corrected chi connectivity index (χ0v) is 21.3. The number of ether oxygens (including phenoxy) is 4. The average Bonchev–Trinajstić information content (AvgIpc) is 2.91. The number of aryl methyl sites for hydroxylation is 1. The van der Waals surface area contributed by atoms with Crippen LogP contribution in [0.2, 0.25) is 0 Å². The fraction of sp³-hybridized carbons (Fsp3) is 0.357. The molecule has 0 aliphatic carbocycles. The van der Waals surface area contributed by atoms with Gasteiger partial charge in [0.15, 0.2) is 0 Å². The molecule has 0 saturated heterocycles. The van der Waals surface area contributed by atoms with Gasteiger partial charge in [-0.15, -0.1) is 0 Å². The fourth-order valence-corrected chi connectivity index (χ4v) is 4.63. The molecule has 0 radical (unpaired) electrons. The number of fused-ring (bicyclic) bond motifs is 1. The maximum atomic E-state index is 13.0. The predicted octanol–water partition coefficient (Wildman–Crippen LogP) is 4.38. The Balaban J connectivity index is 1.48. The molecule has 0 bridgehead atoms. The van der Waals surface area contributed by atoms with Gasteiger partial charge in [-0.3, -0.25) is 4.79 Å². The monoisotopic (exact) mass is 493 g/mol. The number of benzene rings is 2. The summed E-state index contributed by atoms with van der Waals surface area (Å²) in [4.78, 5) is 27.4. The van der Waals surface area contributed by atoms with E-state index in [1.165, 1.54) is 0 Å². The van der Waals surface area contributed by atoms with Gasteiger partial charge in [-0.1, -0.05) is 6.08 Å². The second-order valence-electron chi connectivity index (χ2n) is 8.58. The highest BCUT2D eigenvalue weighted by Gasteiger charge is 2.23. The van der Waals surface area contributed by atoms with Crippen LogP contribution in [0.3, 0.4) is 0 Å². The molecule has 8 heteroatoms. The summed E-state index contributed by atoms with van der Waals surface area (Å²) in [6.45, 7) is 2.92. The Morgan fingerprint density at radius 3 is 2.25 bits per heavy atom. The number of carbonyl (C=O) groups is 1. The van der Waals surface area contributed by atoms with Crippen LogP contribution in [0, 0.1) is 6.92 Å². The van der Waals surface area contributed by atoms with Gasteiger partial charge in [-0.05, 0) is 43.0 Å². The van der Waals surface area contributed by atoms with Crippen molar-refractivity contribution in [2.45, 2.75) is 26.2 Å². The van der Waals surface area contributed by atoms with Crippen molar-refractivity contribution >= 4 is 22.4 Å². The molecule has 190 valence electrons. The van der Waals surface area contributed by atoms with Crippen molar-refractivity contribution in [1.82, 2.24) is 4.90 Å².